The molecule has 0 atom stereocenters. The van der Waals surface area contributed by atoms with Crippen molar-refractivity contribution in [2.75, 3.05) is 19.6 Å². The molecule has 3 rings (SSSR count). The fourth-order valence-corrected chi connectivity index (χ4v) is 3.73. The number of rotatable bonds is 5. The molecule has 1 saturated heterocycles. The van der Waals surface area contributed by atoms with E-state index in [2.05, 4.69) is 21.8 Å². The molecule has 7 nitrogen and oxygen atoms in total. The number of hydrogen-bond acceptors (Lipinski definition) is 4. The molecule has 2 N–H and O–H groups in total. The molecule has 2 fully saturated rings. The molecule has 7 heteroatoms. The average molecular weight is 365 g/mol. The van der Waals surface area contributed by atoms with Gasteiger partial charge in [0.2, 0.25) is 0 Å². The number of aryl methyl sites for hydroxylation is 1. The molecule has 0 amide bonds. The fraction of sp³-hybridized carbons (Fsp3) is 0.737. The Morgan fingerprint density at radius 1 is 1.00 bits per heavy atom. The van der Waals surface area contributed by atoms with E-state index in [0.717, 1.165) is 6.42 Å². The van der Waals surface area contributed by atoms with Crippen LogP contribution in [-0.4, -0.2) is 56.5 Å². The topological polar surface area (TPSA) is 95.7 Å². The van der Waals surface area contributed by atoms with Crippen LogP contribution >= 0.6 is 0 Å². The van der Waals surface area contributed by atoms with E-state index in [1.807, 2.05) is 0 Å². The van der Waals surface area contributed by atoms with Crippen LogP contribution in [0.2, 0.25) is 0 Å². The molecule has 0 unspecified atom stereocenters. The summed E-state index contributed by atoms with van der Waals surface area (Å²) < 4.78 is 2.25. The van der Waals surface area contributed by atoms with Crippen LogP contribution in [0.1, 0.15) is 69.5 Å². The Morgan fingerprint density at radius 3 is 2.23 bits per heavy atom. The normalized spacial score (nSPS) is 18.8. The Kier molecular flexibility index (Phi) is 8.61. The van der Waals surface area contributed by atoms with Crippen molar-refractivity contribution in [3.05, 3.63) is 18.0 Å². The van der Waals surface area contributed by atoms with Crippen molar-refractivity contribution in [2.45, 2.75) is 70.3 Å². The number of carbonyl (C=O) groups is 2. The van der Waals surface area contributed by atoms with Gasteiger partial charge in [-0.05, 0) is 64.2 Å². The summed E-state index contributed by atoms with van der Waals surface area (Å²) in [5, 5.41) is 19.6. The van der Waals surface area contributed by atoms with E-state index in [9.17, 15) is 0 Å². The second kappa shape index (κ2) is 11.0. The van der Waals surface area contributed by atoms with Gasteiger partial charge in [0.1, 0.15) is 0 Å². The Bertz CT molecular complexity index is 549. The number of aliphatic carboxylic acids is 2. The zero-order valence-electron chi connectivity index (χ0n) is 15.5. The van der Waals surface area contributed by atoms with Gasteiger partial charge >= 0.3 is 11.9 Å². The lowest BCUT2D eigenvalue weighted by molar-refractivity contribution is -0.159. The third-order valence-corrected chi connectivity index (χ3v) is 5.15. The molecule has 2 aliphatic rings. The van der Waals surface area contributed by atoms with Crippen LogP contribution in [0.25, 0.3) is 0 Å². The van der Waals surface area contributed by atoms with Crippen molar-refractivity contribution in [3.63, 3.8) is 0 Å². The Labute approximate surface area is 155 Å². The first kappa shape index (κ1) is 20.4. The standard InChI is InChI=1S/C17H29N3.C2H2O4/c1-3-9-17(10-4-1)20-15-11-16(18-20)8-7-14-19-12-5-2-6-13-19;3-1(4)2(5)6/h11,15,17H,1-10,12-14H2;(H,3,4)(H,5,6). The van der Waals surface area contributed by atoms with Gasteiger partial charge in [0.05, 0.1) is 11.7 Å². The van der Waals surface area contributed by atoms with Crippen LogP contribution in [0.5, 0.6) is 0 Å². The van der Waals surface area contributed by atoms with E-state index in [4.69, 9.17) is 24.9 Å². The summed E-state index contributed by atoms with van der Waals surface area (Å²) >= 11 is 0. The van der Waals surface area contributed by atoms with Gasteiger partial charge in [0, 0.05) is 6.20 Å². The minimum atomic E-state index is -1.82. The Morgan fingerprint density at radius 2 is 1.62 bits per heavy atom. The highest BCUT2D eigenvalue weighted by Gasteiger charge is 2.16. The summed E-state index contributed by atoms with van der Waals surface area (Å²) in [6.07, 6.45) is 15.7. The molecule has 146 valence electrons. The van der Waals surface area contributed by atoms with Crippen LogP contribution < -0.4 is 0 Å². The van der Waals surface area contributed by atoms with Gasteiger partial charge in [0.15, 0.2) is 0 Å². The first-order valence-electron chi connectivity index (χ1n) is 9.79. The van der Waals surface area contributed by atoms with Gasteiger partial charge < -0.3 is 15.1 Å². The zero-order chi connectivity index (χ0) is 18.8. The largest absolute Gasteiger partial charge is 0.473 e. The van der Waals surface area contributed by atoms with E-state index in [1.54, 1.807) is 0 Å². The monoisotopic (exact) mass is 365 g/mol. The average Bonchev–Trinajstić information content (AvgIpc) is 3.13. The van der Waals surface area contributed by atoms with Gasteiger partial charge in [-0.25, -0.2) is 9.59 Å². The van der Waals surface area contributed by atoms with E-state index in [-0.39, 0.29) is 0 Å². The third kappa shape index (κ3) is 7.15. The first-order valence-corrected chi connectivity index (χ1v) is 9.79. The van der Waals surface area contributed by atoms with E-state index >= 15 is 0 Å². The third-order valence-electron chi connectivity index (χ3n) is 5.15. The summed E-state index contributed by atoms with van der Waals surface area (Å²) in [5.41, 5.74) is 1.30. The molecule has 1 aliphatic carbocycles. The van der Waals surface area contributed by atoms with Crippen molar-refractivity contribution in [1.82, 2.24) is 14.7 Å². The number of hydrogen-bond donors (Lipinski definition) is 2. The predicted octanol–water partition coefficient (Wildman–Crippen LogP) is 2.96. The minimum absolute atomic E-state index is 0.680. The summed E-state index contributed by atoms with van der Waals surface area (Å²) in [6.45, 7) is 3.89. The number of carboxylic acids is 2. The summed E-state index contributed by atoms with van der Waals surface area (Å²) in [4.78, 5) is 20.8. The molecule has 0 bridgehead atoms. The number of nitrogens with zero attached hydrogens (tertiary/aromatic N) is 3. The van der Waals surface area contributed by atoms with Crippen molar-refractivity contribution in [2.24, 2.45) is 0 Å². The van der Waals surface area contributed by atoms with Gasteiger partial charge in [-0.15, -0.1) is 0 Å². The Hall–Kier alpha value is -1.89. The van der Waals surface area contributed by atoms with Crippen molar-refractivity contribution >= 4 is 11.9 Å². The number of piperidine rings is 1. The van der Waals surface area contributed by atoms with Crippen molar-refractivity contribution in [1.29, 1.82) is 0 Å². The van der Waals surface area contributed by atoms with Crippen LogP contribution in [0.3, 0.4) is 0 Å². The molecule has 1 saturated carbocycles. The second-order valence-electron chi connectivity index (χ2n) is 7.20. The van der Waals surface area contributed by atoms with Gasteiger partial charge in [-0.3, -0.25) is 4.68 Å². The lowest BCUT2D eigenvalue weighted by Gasteiger charge is -2.26. The van der Waals surface area contributed by atoms with E-state index in [0.29, 0.717) is 6.04 Å². The maximum atomic E-state index is 9.10. The summed E-state index contributed by atoms with van der Waals surface area (Å²) in [6, 6.07) is 2.92. The zero-order valence-corrected chi connectivity index (χ0v) is 15.5. The quantitative estimate of drug-likeness (QED) is 0.779. The van der Waals surface area contributed by atoms with Gasteiger partial charge in [0.25, 0.3) is 0 Å². The molecule has 0 radical (unpaired) electrons. The Balaban J connectivity index is 0.000000352. The highest BCUT2D eigenvalue weighted by molar-refractivity contribution is 6.27. The predicted molar refractivity (Wildman–Crippen MR) is 98.2 cm³/mol. The molecule has 0 aromatic carbocycles. The van der Waals surface area contributed by atoms with E-state index < -0.39 is 11.9 Å². The SMILES string of the molecule is O=C(O)C(=O)O.c1cn(C2CCCCC2)nc1CCCN1CCCCC1. The molecule has 26 heavy (non-hydrogen) atoms. The number of likely N-dealkylation sites (tertiary alicyclic amines) is 1. The highest BCUT2D eigenvalue weighted by Crippen LogP contribution is 2.27. The number of aromatic nitrogens is 2. The second-order valence-corrected chi connectivity index (χ2v) is 7.20. The summed E-state index contributed by atoms with van der Waals surface area (Å²) in [5.74, 6) is -3.65. The lowest BCUT2D eigenvalue weighted by Crippen LogP contribution is -2.30. The number of carboxylic acid groups (broad SMARTS) is 2. The van der Waals surface area contributed by atoms with Gasteiger partial charge in [-0.2, -0.15) is 5.10 Å². The first-order chi connectivity index (χ1) is 12.6. The maximum absolute atomic E-state index is 9.10. The smallest absolute Gasteiger partial charge is 0.414 e. The van der Waals surface area contributed by atoms with Crippen molar-refractivity contribution < 1.29 is 19.8 Å². The molecule has 2 heterocycles. The van der Waals surface area contributed by atoms with Crippen LogP contribution in [0.15, 0.2) is 12.3 Å². The van der Waals surface area contributed by atoms with Crippen molar-refractivity contribution in [3.8, 4) is 0 Å². The fourth-order valence-electron chi connectivity index (χ4n) is 3.73. The maximum Gasteiger partial charge on any atom is 0.414 e. The molecule has 0 spiro atoms. The highest BCUT2D eigenvalue weighted by atomic mass is 16.4. The van der Waals surface area contributed by atoms with Gasteiger partial charge in [-0.1, -0.05) is 25.7 Å². The lowest BCUT2D eigenvalue weighted by atomic mass is 9.96. The summed E-state index contributed by atoms with van der Waals surface area (Å²) in [7, 11) is 0. The minimum Gasteiger partial charge on any atom is -0.473 e. The molecule has 1 aliphatic heterocycles. The molecule has 1 aromatic heterocycles. The van der Waals surface area contributed by atoms with Crippen LogP contribution in [0.4, 0.5) is 0 Å². The molecular formula is C19H31N3O4. The van der Waals surface area contributed by atoms with E-state index in [1.165, 1.54) is 83.1 Å². The van der Waals surface area contributed by atoms with Crippen LogP contribution in [-0.2, 0) is 16.0 Å². The molecule has 1 aromatic rings. The van der Waals surface area contributed by atoms with Crippen LogP contribution in [0, 0.1) is 0 Å². The molecular weight excluding hydrogens is 334 g/mol.